The standard InChI is InChI=1S/C38H36ClF6N7O4/c1-19(53)36(54)48-35-30-27(39)10-9-25(33(30)51(4)50-35)24-8-7-23(11-12-38(2,3)56)46-31(24)28(16-20-14-21(42)17-22(43)15-20)47-37(55)52-29(18-41)26(6-5-13-40)32(49-52)34(44)45/h7-10,14-15,17,19,28,34,53,56H,5-6,13,16,18H2,1-4H3,(H,47,55)(H,48,50,54). The van der Waals surface area contributed by atoms with E-state index in [1.807, 2.05) is 0 Å². The van der Waals surface area contributed by atoms with E-state index in [4.69, 9.17) is 16.6 Å². The van der Waals surface area contributed by atoms with E-state index >= 15 is 0 Å². The number of aliphatic hydroxyl groups is 2. The second kappa shape index (κ2) is 17.1. The summed E-state index contributed by atoms with van der Waals surface area (Å²) in [6.45, 7) is 1.80. The highest BCUT2D eigenvalue weighted by Crippen LogP contribution is 2.40. The number of anilines is 1. The maximum Gasteiger partial charge on any atom is 0.342 e. The minimum Gasteiger partial charge on any atom is -0.384 e. The molecule has 0 aliphatic rings. The molecule has 0 saturated heterocycles. The lowest BCUT2D eigenvalue weighted by Crippen LogP contribution is -2.36. The third-order valence-corrected chi connectivity index (χ3v) is 8.78. The summed E-state index contributed by atoms with van der Waals surface area (Å²) in [5, 5.41) is 33.7. The maximum absolute atomic E-state index is 14.5. The van der Waals surface area contributed by atoms with Gasteiger partial charge in [0.2, 0.25) is 0 Å². The number of rotatable bonds is 12. The lowest BCUT2D eigenvalue weighted by molar-refractivity contribution is -0.123. The van der Waals surface area contributed by atoms with Gasteiger partial charge in [-0.15, -0.1) is 0 Å². The van der Waals surface area contributed by atoms with Gasteiger partial charge in [0.05, 0.1) is 40.0 Å². The van der Waals surface area contributed by atoms with Crippen LogP contribution in [0.4, 0.5) is 37.0 Å². The number of alkyl halides is 4. The van der Waals surface area contributed by atoms with Crippen LogP contribution in [-0.4, -0.2) is 65.1 Å². The largest absolute Gasteiger partial charge is 0.384 e. The second-order valence-corrected chi connectivity index (χ2v) is 13.7. The van der Waals surface area contributed by atoms with Gasteiger partial charge in [0.25, 0.3) is 12.3 Å². The van der Waals surface area contributed by atoms with Crippen molar-refractivity contribution in [3.05, 3.63) is 93.0 Å². The Kier molecular flexibility index (Phi) is 12.8. The number of amides is 2. The van der Waals surface area contributed by atoms with Crippen molar-refractivity contribution in [2.75, 3.05) is 12.0 Å². The van der Waals surface area contributed by atoms with Crippen LogP contribution in [0.5, 0.6) is 0 Å². The van der Waals surface area contributed by atoms with Crippen LogP contribution in [0.1, 0.15) is 73.6 Å². The summed E-state index contributed by atoms with van der Waals surface area (Å²) in [5.74, 6) is 2.70. The molecule has 0 bridgehead atoms. The number of hydrogen-bond acceptors (Lipinski definition) is 7. The number of carbonyl (C=O) groups excluding carboxylic acids is 2. The maximum atomic E-state index is 14.5. The zero-order chi connectivity index (χ0) is 41.1. The van der Waals surface area contributed by atoms with Crippen LogP contribution in [-0.2, 0) is 31.4 Å². The number of fused-ring (bicyclic) bond motifs is 1. The molecule has 2 unspecified atom stereocenters. The molecule has 0 fully saturated rings. The Morgan fingerprint density at radius 2 is 1.70 bits per heavy atom. The molecule has 4 N–H and O–H groups in total. The Morgan fingerprint density at radius 3 is 2.30 bits per heavy atom. The molecule has 5 rings (SSSR count). The van der Waals surface area contributed by atoms with E-state index in [0.717, 1.165) is 12.1 Å². The van der Waals surface area contributed by atoms with Crippen molar-refractivity contribution in [3.63, 3.8) is 0 Å². The average Bonchev–Trinajstić information content (AvgIpc) is 3.66. The molecule has 3 heterocycles. The van der Waals surface area contributed by atoms with E-state index in [1.54, 1.807) is 19.2 Å². The van der Waals surface area contributed by atoms with Crippen LogP contribution in [0.15, 0.2) is 42.5 Å². The monoisotopic (exact) mass is 803 g/mol. The van der Waals surface area contributed by atoms with Crippen LogP contribution in [0.3, 0.4) is 0 Å². The zero-order valence-corrected chi connectivity index (χ0v) is 31.2. The molecule has 0 radical (unpaired) electrons. The van der Waals surface area contributed by atoms with Crippen LogP contribution < -0.4 is 10.6 Å². The number of aromatic nitrogens is 5. The number of nitrogens with one attached hydrogen (secondary N) is 2. The topological polar surface area (TPSA) is 147 Å². The van der Waals surface area contributed by atoms with Gasteiger partial charge in [0.15, 0.2) is 5.82 Å². The summed E-state index contributed by atoms with van der Waals surface area (Å²) in [6.07, 6.45) is -5.60. The number of aryl methyl sites for hydroxylation is 1. The molecule has 296 valence electrons. The summed E-state index contributed by atoms with van der Waals surface area (Å²) in [5.41, 5.74) is -2.26. The van der Waals surface area contributed by atoms with Crippen molar-refractivity contribution in [1.82, 2.24) is 29.9 Å². The average molecular weight is 804 g/mol. The molecule has 0 aliphatic heterocycles. The van der Waals surface area contributed by atoms with E-state index < -0.39 is 72.5 Å². The van der Waals surface area contributed by atoms with Crippen molar-refractivity contribution >= 4 is 40.3 Å². The number of aliphatic hydroxyl groups excluding tert-OH is 1. The highest BCUT2D eigenvalue weighted by atomic mass is 35.5. The smallest absolute Gasteiger partial charge is 0.342 e. The minimum atomic E-state index is -3.24. The van der Waals surface area contributed by atoms with Gasteiger partial charge >= 0.3 is 6.03 Å². The fourth-order valence-electron chi connectivity index (χ4n) is 6.05. The number of hydrogen-bond donors (Lipinski definition) is 4. The first-order valence-corrected chi connectivity index (χ1v) is 17.5. The molecule has 56 heavy (non-hydrogen) atoms. The quantitative estimate of drug-likeness (QED) is 0.0781. The molecule has 11 nitrogen and oxygen atoms in total. The fraction of sp³-hybridized carbons (Fsp3) is 0.342. The molecule has 3 aromatic heterocycles. The van der Waals surface area contributed by atoms with Crippen molar-refractivity contribution in [2.24, 2.45) is 7.05 Å². The van der Waals surface area contributed by atoms with Gasteiger partial charge in [0, 0.05) is 29.8 Å². The number of carbonyl (C=O) groups is 2. The van der Waals surface area contributed by atoms with E-state index in [-0.39, 0.29) is 63.6 Å². The lowest BCUT2D eigenvalue weighted by Gasteiger charge is -2.23. The second-order valence-electron chi connectivity index (χ2n) is 13.3. The van der Waals surface area contributed by atoms with Gasteiger partial charge in [-0.25, -0.2) is 31.7 Å². The Bertz CT molecular complexity index is 2330. The number of pyridine rings is 1. The predicted octanol–water partition coefficient (Wildman–Crippen LogP) is 7.06. The highest BCUT2D eigenvalue weighted by Gasteiger charge is 2.30. The summed E-state index contributed by atoms with van der Waals surface area (Å²) in [6, 6.07) is 6.14. The Hall–Kier alpha value is -5.44. The normalized spacial score (nSPS) is 12.8. The van der Waals surface area contributed by atoms with Crippen LogP contribution >= 0.6 is 11.6 Å². The van der Waals surface area contributed by atoms with Crippen molar-refractivity contribution < 1.29 is 46.1 Å². The van der Waals surface area contributed by atoms with E-state index in [9.17, 15) is 46.1 Å². The molecule has 2 amide bonds. The number of nitrogens with zero attached hydrogens (tertiary/aromatic N) is 5. The highest BCUT2D eigenvalue weighted by molar-refractivity contribution is 6.37. The summed E-state index contributed by atoms with van der Waals surface area (Å²) in [4.78, 5) is 31.2. The lowest BCUT2D eigenvalue weighted by atomic mass is 9.93. The van der Waals surface area contributed by atoms with E-state index in [1.165, 1.54) is 37.6 Å². The number of halogens is 7. The molecule has 0 saturated carbocycles. The van der Waals surface area contributed by atoms with Gasteiger partial charge in [-0.3, -0.25) is 13.9 Å². The van der Waals surface area contributed by atoms with Crippen molar-refractivity contribution in [1.29, 1.82) is 0 Å². The van der Waals surface area contributed by atoms with Crippen LogP contribution in [0.25, 0.3) is 22.0 Å². The van der Waals surface area contributed by atoms with Gasteiger partial charge in [-0.05, 0) is 81.8 Å². The molecule has 2 aromatic carbocycles. The third-order valence-electron chi connectivity index (χ3n) is 8.47. The SMILES string of the molecule is CC(O)C(=O)Nc1nn(C)c2c(-c3ccc(C#CC(C)(C)O)nc3C(Cc3cc(F)cc(F)c3)NC(=O)n3nc(C(F)F)c(CCCF)c3CF)ccc(Cl)c12. The van der Waals surface area contributed by atoms with Crippen molar-refractivity contribution in [3.8, 4) is 23.0 Å². The molecule has 5 aromatic rings. The van der Waals surface area contributed by atoms with Crippen molar-refractivity contribution in [2.45, 2.75) is 70.9 Å². The van der Waals surface area contributed by atoms with Gasteiger partial charge < -0.3 is 20.8 Å². The van der Waals surface area contributed by atoms with E-state index in [0.29, 0.717) is 21.8 Å². The van der Waals surface area contributed by atoms with Gasteiger partial charge in [-0.2, -0.15) is 14.9 Å². The van der Waals surface area contributed by atoms with Crippen LogP contribution in [0, 0.1) is 23.5 Å². The summed E-state index contributed by atoms with van der Waals surface area (Å²) < 4.78 is 86.7. The molecule has 0 aliphatic carbocycles. The first-order chi connectivity index (χ1) is 26.4. The Balaban J connectivity index is 1.77. The number of benzene rings is 2. The predicted molar refractivity (Wildman–Crippen MR) is 195 cm³/mol. The minimum absolute atomic E-state index is 0.00153. The molecular formula is C38H36ClF6N7O4. The molecule has 2 atom stereocenters. The molecule has 0 spiro atoms. The first kappa shape index (κ1) is 41.7. The Labute approximate surface area is 321 Å². The molecular weight excluding hydrogens is 768 g/mol. The van der Waals surface area contributed by atoms with Crippen LogP contribution in [0.2, 0.25) is 5.02 Å². The van der Waals surface area contributed by atoms with E-state index in [2.05, 4.69) is 32.7 Å². The van der Waals surface area contributed by atoms with Gasteiger partial charge in [-0.1, -0.05) is 23.6 Å². The van der Waals surface area contributed by atoms with Gasteiger partial charge in [0.1, 0.15) is 41.4 Å². The third kappa shape index (κ3) is 9.32. The zero-order valence-electron chi connectivity index (χ0n) is 30.4. The Morgan fingerprint density at radius 1 is 1.02 bits per heavy atom. The summed E-state index contributed by atoms with van der Waals surface area (Å²) >= 11 is 6.61. The fourth-order valence-corrected chi connectivity index (χ4v) is 6.29. The first-order valence-electron chi connectivity index (χ1n) is 17.1. The summed E-state index contributed by atoms with van der Waals surface area (Å²) in [7, 11) is 1.54. The molecule has 18 heteroatoms.